The molecule has 3 rings (SSSR count). The summed E-state index contributed by atoms with van der Waals surface area (Å²) in [5, 5.41) is 17.5. The zero-order valence-electron chi connectivity index (χ0n) is 10.4. The molecule has 1 fully saturated rings. The smallest absolute Gasteiger partial charge is 0.870 e. The molecule has 0 spiro atoms. The van der Waals surface area contributed by atoms with Crippen LogP contribution in [0.3, 0.4) is 0 Å². The van der Waals surface area contributed by atoms with Crippen LogP contribution in [-0.2, 0) is 5.41 Å². The van der Waals surface area contributed by atoms with Crippen LogP contribution in [-0.4, -0.2) is 26.7 Å². The van der Waals surface area contributed by atoms with Gasteiger partial charge in [0.25, 0.3) is 0 Å². The minimum atomic E-state index is -1.00. The van der Waals surface area contributed by atoms with Crippen molar-refractivity contribution in [1.29, 1.82) is 0 Å². The van der Waals surface area contributed by atoms with Gasteiger partial charge in [0.15, 0.2) is 0 Å². The summed E-state index contributed by atoms with van der Waals surface area (Å²) in [4.78, 5) is 10.8. The first-order valence-electron chi connectivity index (χ1n) is 5.35. The Bertz CT molecular complexity index is 569. The Hall–Kier alpha value is -1.19. The molecule has 0 amide bonds. The molecule has 5 nitrogen and oxygen atoms in total. The molecule has 7 heteroatoms. The Kier molecular flexibility index (Phi) is 4.88. The van der Waals surface area contributed by atoms with E-state index in [9.17, 15) is 4.79 Å². The quantitative estimate of drug-likeness (QED) is 0.733. The van der Waals surface area contributed by atoms with Crippen LogP contribution in [0.2, 0.25) is 0 Å². The second-order valence-corrected chi connectivity index (χ2v) is 5.14. The molecule has 1 aliphatic rings. The maximum atomic E-state index is 10.8. The van der Waals surface area contributed by atoms with Crippen molar-refractivity contribution >= 4 is 17.3 Å². The molecule has 1 saturated carbocycles. The van der Waals surface area contributed by atoms with E-state index >= 15 is 0 Å². The van der Waals surface area contributed by atoms with E-state index in [0.29, 0.717) is 0 Å². The van der Waals surface area contributed by atoms with Crippen molar-refractivity contribution in [2.24, 2.45) is 0 Å². The van der Waals surface area contributed by atoms with Crippen LogP contribution >= 0.6 is 11.3 Å². The zero-order chi connectivity index (χ0) is 11.9. The Balaban J connectivity index is 0.000000902. The van der Waals surface area contributed by atoms with Crippen LogP contribution in [0.1, 0.15) is 33.2 Å². The number of hydrogen-bond acceptors (Lipinski definition) is 5. The average molecular weight is 270 g/mol. The SMILES string of the molecule is O=C(O)c1nnc(C2(c3ccccc3)CC2)s1.[Li+].[OH-]. The summed E-state index contributed by atoms with van der Waals surface area (Å²) in [6.45, 7) is 0. The normalized spacial score (nSPS) is 14.9. The van der Waals surface area contributed by atoms with Gasteiger partial charge < -0.3 is 10.6 Å². The van der Waals surface area contributed by atoms with Crippen LogP contribution in [0, 0.1) is 0 Å². The number of hydrogen-bond donors (Lipinski definition) is 1. The molecule has 0 unspecified atom stereocenters. The Morgan fingerprint density at radius 2 is 1.84 bits per heavy atom. The van der Waals surface area contributed by atoms with Gasteiger partial charge in [-0.25, -0.2) is 4.79 Å². The number of benzene rings is 1. The van der Waals surface area contributed by atoms with Crippen LogP contribution in [0.15, 0.2) is 30.3 Å². The van der Waals surface area contributed by atoms with Gasteiger partial charge in [-0.05, 0) is 18.4 Å². The number of rotatable bonds is 3. The first-order chi connectivity index (χ1) is 8.22. The van der Waals surface area contributed by atoms with Crippen LogP contribution in [0.4, 0.5) is 0 Å². The number of aromatic carboxylic acids is 1. The van der Waals surface area contributed by atoms with Gasteiger partial charge in [-0.15, -0.1) is 10.2 Å². The van der Waals surface area contributed by atoms with E-state index in [1.54, 1.807) is 0 Å². The Morgan fingerprint density at radius 3 is 2.32 bits per heavy atom. The minimum Gasteiger partial charge on any atom is -0.870 e. The zero-order valence-corrected chi connectivity index (χ0v) is 11.2. The number of carboxylic acids is 1. The summed E-state index contributed by atoms with van der Waals surface area (Å²) in [7, 11) is 0. The summed E-state index contributed by atoms with van der Waals surface area (Å²) in [5.74, 6) is -1.00. The second kappa shape index (κ2) is 5.84. The van der Waals surface area contributed by atoms with E-state index in [-0.39, 0.29) is 34.8 Å². The fraction of sp³-hybridized carbons (Fsp3) is 0.250. The molecule has 19 heavy (non-hydrogen) atoms. The molecule has 0 aliphatic heterocycles. The van der Waals surface area contributed by atoms with Crippen molar-refractivity contribution in [3.8, 4) is 0 Å². The summed E-state index contributed by atoms with van der Waals surface area (Å²) < 4.78 is 0. The Morgan fingerprint density at radius 1 is 1.21 bits per heavy atom. The van der Waals surface area contributed by atoms with Crippen molar-refractivity contribution < 1.29 is 34.2 Å². The summed E-state index contributed by atoms with van der Waals surface area (Å²) >= 11 is 1.18. The average Bonchev–Trinajstić information content (AvgIpc) is 3.00. The van der Waals surface area contributed by atoms with Crippen molar-refractivity contribution in [2.75, 3.05) is 0 Å². The first-order valence-corrected chi connectivity index (χ1v) is 6.17. The molecule has 0 bridgehead atoms. The third kappa shape index (κ3) is 2.72. The van der Waals surface area contributed by atoms with Gasteiger partial charge >= 0.3 is 24.8 Å². The largest absolute Gasteiger partial charge is 1.00 e. The maximum Gasteiger partial charge on any atom is 1.00 e. The fourth-order valence-corrected chi connectivity index (χ4v) is 2.96. The fourth-order valence-electron chi connectivity index (χ4n) is 2.01. The summed E-state index contributed by atoms with van der Waals surface area (Å²) in [6.07, 6.45) is 2.04. The van der Waals surface area contributed by atoms with Gasteiger partial charge in [0.05, 0.1) is 0 Å². The van der Waals surface area contributed by atoms with Crippen molar-refractivity contribution in [1.82, 2.24) is 10.2 Å². The molecule has 1 aromatic heterocycles. The predicted molar refractivity (Wildman–Crippen MR) is 65.3 cm³/mol. The molecule has 1 aromatic carbocycles. The van der Waals surface area contributed by atoms with Gasteiger partial charge in [0.2, 0.25) is 5.01 Å². The van der Waals surface area contributed by atoms with Gasteiger partial charge in [0, 0.05) is 5.41 Å². The second-order valence-electron chi connectivity index (χ2n) is 4.17. The topological polar surface area (TPSA) is 93.1 Å². The van der Waals surface area contributed by atoms with E-state index < -0.39 is 5.97 Å². The van der Waals surface area contributed by atoms with E-state index in [1.807, 2.05) is 18.2 Å². The molecule has 0 saturated heterocycles. The summed E-state index contributed by atoms with van der Waals surface area (Å²) in [5.41, 5.74) is 1.13. The van der Waals surface area contributed by atoms with E-state index in [4.69, 9.17) is 5.11 Å². The van der Waals surface area contributed by atoms with Crippen molar-refractivity contribution in [2.45, 2.75) is 18.3 Å². The maximum absolute atomic E-state index is 10.8. The molecule has 1 aliphatic carbocycles. The van der Waals surface area contributed by atoms with Crippen LogP contribution in [0.25, 0.3) is 0 Å². The van der Waals surface area contributed by atoms with Crippen molar-refractivity contribution in [3.05, 3.63) is 45.9 Å². The van der Waals surface area contributed by atoms with Gasteiger partial charge in [0.1, 0.15) is 5.01 Å². The number of carboxylic acid groups (broad SMARTS) is 1. The Labute approximate surface area is 126 Å². The van der Waals surface area contributed by atoms with E-state index in [1.165, 1.54) is 16.9 Å². The molecule has 0 atom stereocenters. The number of nitrogens with zero attached hydrogens (tertiary/aromatic N) is 2. The van der Waals surface area contributed by atoms with Gasteiger partial charge in [-0.3, -0.25) is 0 Å². The molecule has 0 radical (unpaired) electrons. The van der Waals surface area contributed by atoms with E-state index in [2.05, 4.69) is 22.3 Å². The molecule has 2 N–H and O–H groups in total. The van der Waals surface area contributed by atoms with E-state index in [0.717, 1.165) is 17.8 Å². The molecule has 2 aromatic rings. The van der Waals surface area contributed by atoms with Gasteiger partial charge in [-0.1, -0.05) is 41.7 Å². The predicted octanol–water partition coefficient (Wildman–Crippen LogP) is -0.857. The summed E-state index contributed by atoms with van der Waals surface area (Å²) in [6, 6.07) is 10.1. The molecule has 94 valence electrons. The number of aromatic nitrogens is 2. The third-order valence-electron chi connectivity index (χ3n) is 3.09. The van der Waals surface area contributed by atoms with Crippen LogP contribution < -0.4 is 18.9 Å². The first kappa shape index (κ1) is 15.9. The van der Waals surface area contributed by atoms with Crippen LogP contribution in [0.5, 0.6) is 0 Å². The van der Waals surface area contributed by atoms with Gasteiger partial charge in [-0.2, -0.15) is 0 Å². The number of carbonyl (C=O) groups is 1. The molecular formula is C12H11LiN2O3S. The van der Waals surface area contributed by atoms with Crippen molar-refractivity contribution in [3.63, 3.8) is 0 Å². The standard InChI is InChI=1S/C12H10N2O2S.Li.H2O/c15-10(16)9-13-14-11(17-9)12(6-7-12)8-4-2-1-3-5-8;;/h1-5H,6-7H2,(H,15,16);;1H2/q;+1;/p-1. The molecule has 1 heterocycles. The molecular weight excluding hydrogens is 259 g/mol. The minimum absolute atomic E-state index is 0. The monoisotopic (exact) mass is 270 g/mol. The third-order valence-corrected chi connectivity index (χ3v) is 4.21.